The molecule has 0 aromatic carbocycles. The summed E-state index contributed by atoms with van der Waals surface area (Å²) in [6.07, 6.45) is 1.58. The molecule has 0 spiro atoms. The van der Waals surface area contributed by atoms with E-state index < -0.39 is 0 Å². The van der Waals surface area contributed by atoms with E-state index in [-0.39, 0.29) is 0 Å². The van der Waals surface area contributed by atoms with Crippen LogP contribution in [-0.2, 0) is 0 Å². The molecule has 0 bridgehead atoms. The summed E-state index contributed by atoms with van der Waals surface area (Å²) in [4.78, 5) is 12.1. The first-order chi connectivity index (χ1) is 9.66. The molecule has 0 saturated heterocycles. The Kier molecular flexibility index (Phi) is 3.50. The molecule has 0 saturated carbocycles. The molecule has 0 aliphatic rings. The van der Waals surface area contributed by atoms with Gasteiger partial charge in [0.05, 0.1) is 11.1 Å². The van der Waals surface area contributed by atoms with Crippen molar-refractivity contribution in [1.82, 2.24) is 9.97 Å². The maximum Gasteiger partial charge on any atom is 0.158 e. The lowest BCUT2D eigenvalue weighted by atomic mass is 10.2. The molecule has 3 aromatic rings. The van der Waals surface area contributed by atoms with Gasteiger partial charge in [-0.25, -0.2) is 9.97 Å². The van der Waals surface area contributed by atoms with Gasteiger partial charge in [-0.1, -0.05) is 6.07 Å². The summed E-state index contributed by atoms with van der Waals surface area (Å²) in [6.45, 7) is 6.19. The number of nitrogens with zero attached hydrogens (tertiary/aromatic N) is 3. The largest absolute Gasteiger partial charge is 0.260 e. The van der Waals surface area contributed by atoms with Crippen molar-refractivity contribution in [3.8, 4) is 0 Å². The highest BCUT2D eigenvalue weighted by molar-refractivity contribution is 7.18. The van der Waals surface area contributed by atoms with Crippen molar-refractivity contribution in [2.75, 3.05) is 5.43 Å². The smallest absolute Gasteiger partial charge is 0.158 e. The molecule has 0 fully saturated rings. The minimum absolute atomic E-state index is 0.771. The molecule has 3 aromatic heterocycles. The first-order valence-corrected chi connectivity index (χ1v) is 7.91. The van der Waals surface area contributed by atoms with Gasteiger partial charge in [0.2, 0.25) is 0 Å². The molecule has 0 amide bonds. The van der Waals surface area contributed by atoms with Crippen molar-refractivity contribution < 1.29 is 0 Å². The minimum Gasteiger partial charge on any atom is -0.260 e. The maximum atomic E-state index is 4.43. The Morgan fingerprint density at radius 1 is 1.30 bits per heavy atom. The number of hydrazone groups is 1. The van der Waals surface area contributed by atoms with Gasteiger partial charge in [-0.15, -0.1) is 22.7 Å². The number of aryl methyl sites for hydroxylation is 2. The highest BCUT2D eigenvalue weighted by Gasteiger charge is 2.11. The Labute approximate surface area is 125 Å². The van der Waals surface area contributed by atoms with E-state index in [1.807, 2.05) is 18.4 Å². The highest BCUT2D eigenvalue weighted by Crippen LogP contribution is 2.32. The minimum atomic E-state index is 0.771. The van der Waals surface area contributed by atoms with Gasteiger partial charge in [-0.3, -0.25) is 5.43 Å². The summed E-state index contributed by atoms with van der Waals surface area (Å²) in [6, 6.07) is 4.08. The fraction of sp³-hybridized carbons (Fsp3) is 0.214. The lowest BCUT2D eigenvalue weighted by Gasteiger charge is -2.03. The number of aromatic nitrogens is 2. The van der Waals surface area contributed by atoms with Crippen LogP contribution in [0, 0.1) is 13.8 Å². The van der Waals surface area contributed by atoms with E-state index in [9.17, 15) is 0 Å². The number of nitrogens with one attached hydrogen (secondary N) is 1. The molecule has 0 unspecified atom stereocenters. The predicted molar refractivity (Wildman–Crippen MR) is 87.0 cm³/mol. The molecule has 20 heavy (non-hydrogen) atoms. The van der Waals surface area contributed by atoms with Crippen LogP contribution in [0.3, 0.4) is 0 Å². The summed E-state index contributed by atoms with van der Waals surface area (Å²) in [5.74, 6) is 0.771. The second-order valence-electron chi connectivity index (χ2n) is 4.47. The van der Waals surface area contributed by atoms with Crippen molar-refractivity contribution in [2.45, 2.75) is 20.8 Å². The topological polar surface area (TPSA) is 50.2 Å². The second kappa shape index (κ2) is 5.30. The standard InChI is InChI=1S/C14H14N4S2/c1-8-10(3)20-14-12(8)13(15-7-16-14)18-17-9(2)11-5-4-6-19-11/h4-7H,1-3H3,(H,15,16,18)/b17-9+. The summed E-state index contributed by atoms with van der Waals surface area (Å²) < 4.78 is 0. The lowest BCUT2D eigenvalue weighted by molar-refractivity contribution is 1.18. The van der Waals surface area contributed by atoms with Crippen molar-refractivity contribution in [2.24, 2.45) is 5.10 Å². The lowest BCUT2D eigenvalue weighted by Crippen LogP contribution is -2.00. The molecule has 102 valence electrons. The number of thiophene rings is 2. The van der Waals surface area contributed by atoms with Crippen LogP contribution in [0.15, 0.2) is 28.9 Å². The molecular formula is C14H14N4S2. The average molecular weight is 302 g/mol. The maximum absolute atomic E-state index is 4.43. The second-order valence-corrected chi connectivity index (χ2v) is 6.62. The van der Waals surface area contributed by atoms with Crippen LogP contribution in [-0.4, -0.2) is 15.7 Å². The quantitative estimate of drug-likeness (QED) is 0.582. The van der Waals surface area contributed by atoms with Gasteiger partial charge in [0.25, 0.3) is 0 Å². The van der Waals surface area contributed by atoms with Crippen LogP contribution < -0.4 is 5.43 Å². The zero-order valence-electron chi connectivity index (χ0n) is 11.5. The van der Waals surface area contributed by atoms with E-state index in [0.717, 1.165) is 26.6 Å². The summed E-state index contributed by atoms with van der Waals surface area (Å²) in [5.41, 5.74) is 5.25. The molecule has 3 rings (SSSR count). The Hall–Kier alpha value is -1.79. The van der Waals surface area contributed by atoms with E-state index in [1.54, 1.807) is 29.0 Å². The van der Waals surface area contributed by atoms with Gasteiger partial charge in [0.1, 0.15) is 11.2 Å². The Morgan fingerprint density at radius 2 is 2.15 bits per heavy atom. The first kappa shape index (κ1) is 13.2. The first-order valence-electron chi connectivity index (χ1n) is 6.21. The van der Waals surface area contributed by atoms with E-state index in [4.69, 9.17) is 0 Å². The van der Waals surface area contributed by atoms with Crippen LogP contribution in [0.25, 0.3) is 10.2 Å². The van der Waals surface area contributed by atoms with Crippen molar-refractivity contribution in [3.05, 3.63) is 39.2 Å². The number of anilines is 1. The number of hydrogen-bond acceptors (Lipinski definition) is 6. The van der Waals surface area contributed by atoms with Crippen molar-refractivity contribution >= 4 is 44.4 Å². The fourth-order valence-electron chi connectivity index (χ4n) is 1.94. The monoisotopic (exact) mass is 302 g/mol. The van der Waals surface area contributed by atoms with Gasteiger partial charge in [0, 0.05) is 9.75 Å². The fourth-order valence-corrected chi connectivity index (χ4v) is 3.62. The third-order valence-electron chi connectivity index (χ3n) is 3.17. The van der Waals surface area contributed by atoms with E-state index in [0.29, 0.717) is 0 Å². The summed E-state index contributed by atoms with van der Waals surface area (Å²) in [5, 5.41) is 7.54. The molecule has 4 nitrogen and oxygen atoms in total. The molecule has 0 radical (unpaired) electrons. The Morgan fingerprint density at radius 3 is 2.90 bits per heavy atom. The van der Waals surface area contributed by atoms with Crippen LogP contribution in [0.5, 0.6) is 0 Å². The Balaban J connectivity index is 1.97. The molecule has 6 heteroatoms. The van der Waals surface area contributed by atoms with E-state index in [2.05, 4.69) is 40.4 Å². The summed E-state index contributed by atoms with van der Waals surface area (Å²) >= 11 is 3.36. The van der Waals surface area contributed by atoms with Gasteiger partial charge in [-0.2, -0.15) is 5.10 Å². The summed E-state index contributed by atoms with van der Waals surface area (Å²) in [7, 11) is 0. The normalized spacial score (nSPS) is 12.1. The van der Waals surface area contributed by atoms with Gasteiger partial charge >= 0.3 is 0 Å². The van der Waals surface area contributed by atoms with Crippen LogP contribution in [0.2, 0.25) is 0 Å². The third kappa shape index (κ3) is 2.32. The Bertz CT molecular complexity index is 772. The molecule has 0 aliphatic carbocycles. The van der Waals surface area contributed by atoms with Gasteiger partial charge in [0.15, 0.2) is 5.82 Å². The zero-order valence-corrected chi connectivity index (χ0v) is 13.1. The molecule has 0 aliphatic heterocycles. The van der Waals surface area contributed by atoms with E-state index in [1.165, 1.54) is 10.4 Å². The SMILES string of the molecule is C/C(=N\Nc1ncnc2sc(C)c(C)c12)c1cccs1. The van der Waals surface area contributed by atoms with E-state index >= 15 is 0 Å². The number of hydrogen-bond donors (Lipinski definition) is 1. The zero-order chi connectivity index (χ0) is 14.1. The van der Waals surface area contributed by atoms with Gasteiger partial charge < -0.3 is 0 Å². The van der Waals surface area contributed by atoms with Crippen LogP contribution in [0.4, 0.5) is 5.82 Å². The number of rotatable bonds is 3. The van der Waals surface area contributed by atoms with Crippen molar-refractivity contribution in [3.63, 3.8) is 0 Å². The molecule has 1 N–H and O–H groups in total. The molecule has 0 atom stereocenters. The van der Waals surface area contributed by atoms with Crippen LogP contribution in [0.1, 0.15) is 22.2 Å². The van der Waals surface area contributed by atoms with Gasteiger partial charge in [-0.05, 0) is 37.8 Å². The average Bonchev–Trinajstić information content (AvgIpc) is 3.06. The number of fused-ring (bicyclic) bond motifs is 1. The van der Waals surface area contributed by atoms with Crippen LogP contribution >= 0.6 is 22.7 Å². The molecular weight excluding hydrogens is 288 g/mol. The predicted octanol–water partition coefficient (Wildman–Crippen LogP) is 4.21. The van der Waals surface area contributed by atoms with Crippen molar-refractivity contribution in [1.29, 1.82) is 0 Å². The molecule has 3 heterocycles. The third-order valence-corrected chi connectivity index (χ3v) is 5.27. The highest BCUT2D eigenvalue weighted by atomic mass is 32.1.